The largest absolute Gasteiger partial charge is 0.293 e. The van der Waals surface area contributed by atoms with Crippen LogP contribution < -0.4 is 0 Å². The van der Waals surface area contributed by atoms with Crippen molar-refractivity contribution in [3.8, 4) is 0 Å². The lowest BCUT2D eigenvalue weighted by atomic mass is 9.96. The van der Waals surface area contributed by atoms with Gasteiger partial charge in [-0.25, -0.2) is 8.78 Å². The molecule has 0 N–H and O–H groups in total. The van der Waals surface area contributed by atoms with Gasteiger partial charge in [0.1, 0.15) is 11.5 Å². The maximum Gasteiger partial charge on any atom is 0.174 e. The Labute approximate surface area is 89.6 Å². The summed E-state index contributed by atoms with van der Waals surface area (Å²) in [6, 6.07) is 0.627. The molecule has 78 valence electrons. The molecule has 2 rings (SSSR count). The molecule has 0 radical (unpaired) electrons. The normalized spacial score (nSPS) is 19.2. The van der Waals surface area contributed by atoms with Crippen molar-refractivity contribution in [1.82, 2.24) is 0 Å². The number of fused-ring (bicyclic) bond motifs is 1. The van der Waals surface area contributed by atoms with Crippen LogP contribution in [0, 0.1) is 17.6 Å². The van der Waals surface area contributed by atoms with Crippen LogP contribution in [0.3, 0.4) is 0 Å². The zero-order valence-electron chi connectivity index (χ0n) is 7.72. The summed E-state index contributed by atoms with van der Waals surface area (Å²) in [6.45, 7) is 1.59. The second-order valence-corrected chi connectivity index (χ2v) is 3.69. The van der Waals surface area contributed by atoms with Crippen molar-refractivity contribution in [1.29, 1.82) is 0 Å². The Morgan fingerprint density at radius 2 is 2.07 bits per heavy atom. The van der Waals surface area contributed by atoms with Gasteiger partial charge in [0, 0.05) is 12.3 Å². The average molecular weight is 230 g/mol. The van der Waals surface area contributed by atoms with Gasteiger partial charge in [-0.15, -0.1) is 0 Å². The Balaban J connectivity index is 2.78. The molecule has 1 unspecified atom stereocenters. The summed E-state index contributed by atoms with van der Waals surface area (Å²) in [6.07, 6.45) is 1.32. The third-order valence-electron chi connectivity index (χ3n) is 2.23. The van der Waals surface area contributed by atoms with Gasteiger partial charge in [0.05, 0.1) is 16.5 Å². The summed E-state index contributed by atoms with van der Waals surface area (Å²) in [5.41, 5.74) is -0.339. The number of aliphatic imine (C=N–C) groups is 1. The highest BCUT2D eigenvalue weighted by atomic mass is 35.5. The highest BCUT2D eigenvalue weighted by Crippen LogP contribution is 2.36. The van der Waals surface area contributed by atoms with Crippen molar-refractivity contribution in [3.63, 3.8) is 0 Å². The Hall–Kier alpha value is -1.29. The van der Waals surface area contributed by atoms with Crippen LogP contribution in [0.15, 0.2) is 11.1 Å². The topological polar surface area (TPSA) is 29.4 Å². The summed E-state index contributed by atoms with van der Waals surface area (Å²) < 4.78 is 26.3. The predicted octanol–water partition coefficient (Wildman–Crippen LogP) is 3.15. The van der Waals surface area contributed by atoms with Gasteiger partial charge in [-0.05, 0) is 0 Å². The highest BCUT2D eigenvalue weighted by molar-refractivity contribution is 6.35. The van der Waals surface area contributed by atoms with Gasteiger partial charge in [0.25, 0.3) is 0 Å². The molecule has 5 heteroatoms. The van der Waals surface area contributed by atoms with E-state index in [-0.39, 0.29) is 16.3 Å². The molecule has 0 spiro atoms. The van der Waals surface area contributed by atoms with Gasteiger partial charge in [0.2, 0.25) is 0 Å². The maximum absolute atomic E-state index is 13.2. The molecule has 15 heavy (non-hydrogen) atoms. The molecule has 0 saturated heterocycles. The van der Waals surface area contributed by atoms with Gasteiger partial charge in [-0.1, -0.05) is 18.5 Å². The fourth-order valence-corrected chi connectivity index (χ4v) is 1.66. The number of hydrogen-bond acceptors (Lipinski definition) is 2. The molecule has 0 aromatic heterocycles. The number of halogens is 3. The van der Waals surface area contributed by atoms with E-state index in [2.05, 4.69) is 4.99 Å². The van der Waals surface area contributed by atoms with E-state index < -0.39 is 23.3 Å². The standard InChI is InChI=1S/C10H6ClF2NO/c1-4-3-14-9-6(13)2-5(12)8(11)7(9)10(4)15/h2-4H,1H3. The van der Waals surface area contributed by atoms with Crippen LogP contribution in [-0.2, 0) is 0 Å². The highest BCUT2D eigenvalue weighted by Gasteiger charge is 2.28. The first-order chi connectivity index (χ1) is 7.02. The number of Topliss-reactive ketones (excluding diaryl/α,β-unsaturated/α-hetero) is 1. The van der Waals surface area contributed by atoms with Crippen LogP contribution >= 0.6 is 11.6 Å². The first-order valence-electron chi connectivity index (χ1n) is 4.28. The molecular weight excluding hydrogens is 224 g/mol. The van der Waals surface area contributed by atoms with Crippen LogP contribution in [0.5, 0.6) is 0 Å². The van der Waals surface area contributed by atoms with E-state index in [4.69, 9.17) is 11.6 Å². The molecule has 1 aromatic carbocycles. The van der Waals surface area contributed by atoms with E-state index in [0.717, 1.165) is 0 Å². The van der Waals surface area contributed by atoms with E-state index >= 15 is 0 Å². The van der Waals surface area contributed by atoms with Crippen molar-refractivity contribution < 1.29 is 13.6 Å². The van der Waals surface area contributed by atoms with Crippen molar-refractivity contribution in [2.24, 2.45) is 10.9 Å². The summed E-state index contributed by atoms with van der Waals surface area (Å²) in [7, 11) is 0. The zero-order chi connectivity index (χ0) is 11.2. The minimum atomic E-state index is -0.939. The van der Waals surface area contributed by atoms with Crippen molar-refractivity contribution in [2.45, 2.75) is 6.92 Å². The number of nitrogens with zero attached hydrogens (tertiary/aromatic N) is 1. The Kier molecular flexibility index (Phi) is 2.31. The molecule has 1 heterocycles. The second-order valence-electron chi connectivity index (χ2n) is 3.31. The summed E-state index contributed by atoms with van der Waals surface area (Å²) in [4.78, 5) is 15.4. The van der Waals surface area contributed by atoms with Crippen LogP contribution in [0.1, 0.15) is 17.3 Å². The molecule has 1 atom stereocenters. The lowest BCUT2D eigenvalue weighted by Crippen LogP contribution is -2.18. The molecule has 0 fully saturated rings. The SMILES string of the molecule is CC1C=Nc2c(F)cc(F)c(Cl)c2C1=O. The van der Waals surface area contributed by atoms with Crippen LogP contribution in [0.2, 0.25) is 5.02 Å². The van der Waals surface area contributed by atoms with Gasteiger partial charge in [-0.3, -0.25) is 9.79 Å². The number of carbonyl (C=O) groups is 1. The first kappa shape index (κ1) is 10.2. The molecule has 0 bridgehead atoms. The number of hydrogen-bond donors (Lipinski definition) is 0. The van der Waals surface area contributed by atoms with Gasteiger partial charge in [0.15, 0.2) is 11.6 Å². The smallest absolute Gasteiger partial charge is 0.174 e. The number of ketones is 1. The van der Waals surface area contributed by atoms with Gasteiger partial charge < -0.3 is 0 Å². The van der Waals surface area contributed by atoms with Crippen molar-refractivity contribution >= 4 is 29.3 Å². The maximum atomic E-state index is 13.2. The van der Waals surface area contributed by atoms with E-state index in [1.807, 2.05) is 0 Å². The summed E-state index contributed by atoms with van der Waals surface area (Å²) >= 11 is 5.61. The number of carbonyl (C=O) groups excluding carboxylic acids is 1. The lowest BCUT2D eigenvalue weighted by molar-refractivity contribution is 0.0961. The average Bonchev–Trinajstić information content (AvgIpc) is 2.19. The second kappa shape index (κ2) is 3.38. The number of rotatable bonds is 0. The first-order valence-corrected chi connectivity index (χ1v) is 4.66. The molecule has 0 amide bonds. The van der Waals surface area contributed by atoms with Crippen molar-refractivity contribution in [2.75, 3.05) is 0 Å². The van der Waals surface area contributed by atoms with E-state index in [0.29, 0.717) is 6.07 Å². The Morgan fingerprint density at radius 1 is 1.40 bits per heavy atom. The summed E-state index contributed by atoms with van der Waals surface area (Å²) in [5, 5.41) is -0.361. The predicted molar refractivity (Wildman–Crippen MR) is 53.0 cm³/mol. The van der Waals surface area contributed by atoms with Gasteiger partial charge >= 0.3 is 0 Å². The molecule has 1 aromatic rings. The van der Waals surface area contributed by atoms with E-state index in [1.165, 1.54) is 6.21 Å². The summed E-state index contributed by atoms with van der Waals surface area (Å²) in [5.74, 6) is -2.73. The Bertz CT molecular complexity index is 485. The van der Waals surface area contributed by atoms with E-state index in [1.54, 1.807) is 6.92 Å². The molecule has 0 aliphatic carbocycles. The third kappa shape index (κ3) is 1.45. The van der Waals surface area contributed by atoms with Crippen LogP contribution in [-0.4, -0.2) is 12.0 Å². The Morgan fingerprint density at radius 3 is 2.73 bits per heavy atom. The molecule has 0 saturated carbocycles. The minimum Gasteiger partial charge on any atom is -0.293 e. The third-order valence-corrected chi connectivity index (χ3v) is 2.60. The van der Waals surface area contributed by atoms with E-state index in [9.17, 15) is 13.6 Å². The van der Waals surface area contributed by atoms with Crippen LogP contribution in [0.4, 0.5) is 14.5 Å². The quantitative estimate of drug-likeness (QED) is 0.629. The molecular formula is C10H6ClF2NO. The fraction of sp³-hybridized carbons (Fsp3) is 0.200. The monoisotopic (exact) mass is 229 g/mol. The fourth-order valence-electron chi connectivity index (χ4n) is 1.42. The zero-order valence-corrected chi connectivity index (χ0v) is 8.48. The number of benzene rings is 1. The molecule has 1 aliphatic rings. The lowest BCUT2D eigenvalue weighted by Gasteiger charge is -2.15. The molecule has 1 aliphatic heterocycles. The molecule has 2 nitrogen and oxygen atoms in total. The van der Waals surface area contributed by atoms with Crippen LogP contribution in [0.25, 0.3) is 0 Å². The van der Waals surface area contributed by atoms with Gasteiger partial charge in [-0.2, -0.15) is 0 Å². The van der Waals surface area contributed by atoms with Crippen molar-refractivity contribution in [3.05, 3.63) is 28.3 Å². The minimum absolute atomic E-state index is 0.163.